The number of hydrogen-bond acceptors (Lipinski definition) is 4. The fourth-order valence-electron chi connectivity index (χ4n) is 3.51. The van der Waals surface area contributed by atoms with Crippen LogP contribution in [-0.2, 0) is 0 Å². The maximum Gasteiger partial charge on any atom is 0.255 e. The average Bonchev–Trinajstić information content (AvgIpc) is 3.17. The Labute approximate surface area is 156 Å². The van der Waals surface area contributed by atoms with Crippen LogP contribution in [0.4, 0.5) is 5.82 Å². The fraction of sp³-hybridized carbons (Fsp3) is 0.429. The first-order valence-corrected chi connectivity index (χ1v) is 9.27. The number of aromatic nitrogens is 1. The summed E-state index contributed by atoms with van der Waals surface area (Å²) in [4.78, 5) is 21.4. The molecule has 5 heteroatoms. The van der Waals surface area contributed by atoms with E-state index in [-0.39, 0.29) is 11.9 Å². The van der Waals surface area contributed by atoms with Crippen LogP contribution < -0.4 is 10.2 Å². The SMILES string of the molecule is Cc1ccc(C(CNC(=O)c2cccnc2N(C)C)N2CCCC2)cc1. The number of carbonyl (C=O) groups excluding carboxylic acids is 1. The molecule has 1 amide bonds. The molecule has 2 heterocycles. The zero-order valence-corrected chi connectivity index (χ0v) is 15.9. The molecule has 1 aliphatic heterocycles. The predicted octanol–water partition coefficient (Wildman–Crippen LogP) is 3.02. The Hall–Kier alpha value is -2.40. The first-order chi connectivity index (χ1) is 12.6. The standard InChI is InChI=1S/C21H28N4O/c1-16-8-10-17(11-9-16)19(25-13-4-5-14-25)15-23-21(26)18-7-6-12-22-20(18)24(2)3/h6-12,19H,4-5,13-15H2,1-3H3,(H,23,26). The molecule has 1 unspecified atom stereocenters. The predicted molar refractivity (Wildman–Crippen MR) is 106 cm³/mol. The molecule has 1 fully saturated rings. The van der Waals surface area contributed by atoms with E-state index in [2.05, 4.69) is 46.4 Å². The maximum absolute atomic E-state index is 12.8. The Kier molecular flexibility index (Phi) is 5.89. The van der Waals surface area contributed by atoms with Crippen LogP contribution in [0.2, 0.25) is 0 Å². The first kappa shape index (κ1) is 18.4. The second-order valence-corrected chi connectivity index (χ2v) is 7.15. The van der Waals surface area contributed by atoms with Gasteiger partial charge in [-0.15, -0.1) is 0 Å². The van der Waals surface area contributed by atoms with Crippen molar-refractivity contribution in [3.8, 4) is 0 Å². The molecule has 0 bridgehead atoms. The minimum absolute atomic E-state index is 0.0712. The molecule has 1 N–H and O–H groups in total. The normalized spacial score (nSPS) is 15.7. The zero-order chi connectivity index (χ0) is 18.5. The summed E-state index contributed by atoms with van der Waals surface area (Å²) in [6.07, 6.45) is 4.17. The lowest BCUT2D eigenvalue weighted by atomic mass is 10.0. The highest BCUT2D eigenvalue weighted by Crippen LogP contribution is 2.25. The minimum Gasteiger partial charge on any atom is -0.362 e. The number of benzene rings is 1. The number of nitrogens with zero attached hydrogens (tertiary/aromatic N) is 3. The summed E-state index contributed by atoms with van der Waals surface area (Å²) in [5.74, 6) is 0.621. The Morgan fingerprint density at radius 3 is 2.54 bits per heavy atom. The summed E-state index contributed by atoms with van der Waals surface area (Å²) in [6, 6.07) is 12.5. The Morgan fingerprint density at radius 1 is 1.19 bits per heavy atom. The van der Waals surface area contributed by atoms with E-state index in [0.29, 0.717) is 17.9 Å². The molecular formula is C21H28N4O. The van der Waals surface area contributed by atoms with Crippen molar-refractivity contribution < 1.29 is 4.79 Å². The van der Waals surface area contributed by atoms with Gasteiger partial charge >= 0.3 is 0 Å². The number of likely N-dealkylation sites (tertiary alicyclic amines) is 1. The molecule has 0 radical (unpaired) electrons. The lowest BCUT2D eigenvalue weighted by molar-refractivity contribution is 0.0938. The summed E-state index contributed by atoms with van der Waals surface area (Å²) in [5, 5.41) is 3.14. The molecule has 1 aliphatic rings. The molecule has 26 heavy (non-hydrogen) atoms. The lowest BCUT2D eigenvalue weighted by Crippen LogP contribution is -2.37. The van der Waals surface area contributed by atoms with Gasteiger partial charge in [0.1, 0.15) is 5.82 Å². The lowest BCUT2D eigenvalue weighted by Gasteiger charge is -2.28. The smallest absolute Gasteiger partial charge is 0.255 e. The summed E-state index contributed by atoms with van der Waals surface area (Å²) in [6.45, 7) is 4.87. The summed E-state index contributed by atoms with van der Waals surface area (Å²) >= 11 is 0. The van der Waals surface area contributed by atoms with Gasteiger partial charge in [-0.25, -0.2) is 4.98 Å². The zero-order valence-electron chi connectivity index (χ0n) is 15.9. The van der Waals surface area contributed by atoms with Crippen molar-refractivity contribution in [3.05, 3.63) is 59.3 Å². The topological polar surface area (TPSA) is 48.5 Å². The maximum atomic E-state index is 12.8. The van der Waals surface area contributed by atoms with Gasteiger partial charge in [-0.05, 0) is 50.6 Å². The molecule has 2 aromatic rings. The van der Waals surface area contributed by atoms with Crippen LogP contribution in [0.3, 0.4) is 0 Å². The molecule has 138 valence electrons. The van der Waals surface area contributed by atoms with E-state index in [9.17, 15) is 4.79 Å². The van der Waals surface area contributed by atoms with Crippen LogP contribution >= 0.6 is 0 Å². The van der Waals surface area contributed by atoms with Gasteiger partial charge < -0.3 is 10.2 Å². The van der Waals surface area contributed by atoms with Crippen molar-refractivity contribution in [3.63, 3.8) is 0 Å². The van der Waals surface area contributed by atoms with Gasteiger partial charge in [-0.3, -0.25) is 9.69 Å². The Balaban J connectivity index is 1.75. The van der Waals surface area contributed by atoms with Crippen molar-refractivity contribution in [2.24, 2.45) is 0 Å². The van der Waals surface area contributed by atoms with Gasteiger partial charge in [0, 0.05) is 26.8 Å². The second-order valence-electron chi connectivity index (χ2n) is 7.15. The van der Waals surface area contributed by atoms with Gasteiger partial charge in [-0.2, -0.15) is 0 Å². The van der Waals surface area contributed by atoms with Gasteiger partial charge in [0.2, 0.25) is 0 Å². The molecule has 0 spiro atoms. The molecule has 1 aromatic heterocycles. The average molecular weight is 352 g/mol. The third kappa shape index (κ3) is 4.22. The highest BCUT2D eigenvalue weighted by molar-refractivity contribution is 5.98. The highest BCUT2D eigenvalue weighted by atomic mass is 16.1. The van der Waals surface area contributed by atoms with E-state index in [4.69, 9.17) is 0 Å². The van der Waals surface area contributed by atoms with E-state index in [1.807, 2.05) is 25.1 Å². The molecule has 1 saturated heterocycles. The number of hydrogen-bond donors (Lipinski definition) is 1. The van der Waals surface area contributed by atoms with E-state index in [0.717, 1.165) is 13.1 Å². The molecule has 3 rings (SSSR count). The molecular weight excluding hydrogens is 324 g/mol. The van der Waals surface area contributed by atoms with Crippen molar-refractivity contribution >= 4 is 11.7 Å². The third-order valence-electron chi connectivity index (χ3n) is 4.95. The number of pyridine rings is 1. The second kappa shape index (κ2) is 8.32. The van der Waals surface area contributed by atoms with E-state index >= 15 is 0 Å². The molecule has 1 atom stereocenters. The summed E-state index contributed by atoms with van der Waals surface area (Å²) < 4.78 is 0. The van der Waals surface area contributed by atoms with Gasteiger partial charge in [-0.1, -0.05) is 29.8 Å². The van der Waals surface area contributed by atoms with Gasteiger partial charge in [0.25, 0.3) is 5.91 Å². The third-order valence-corrected chi connectivity index (χ3v) is 4.95. The van der Waals surface area contributed by atoms with Crippen LogP contribution in [0.5, 0.6) is 0 Å². The summed E-state index contributed by atoms with van der Waals surface area (Å²) in [7, 11) is 3.80. The number of anilines is 1. The van der Waals surface area contributed by atoms with Crippen molar-refractivity contribution in [2.45, 2.75) is 25.8 Å². The van der Waals surface area contributed by atoms with Gasteiger partial charge in [0.05, 0.1) is 11.6 Å². The molecule has 5 nitrogen and oxygen atoms in total. The van der Waals surface area contributed by atoms with Gasteiger partial charge in [0.15, 0.2) is 0 Å². The van der Waals surface area contributed by atoms with Crippen LogP contribution in [0.15, 0.2) is 42.6 Å². The number of nitrogens with one attached hydrogen (secondary N) is 1. The van der Waals surface area contributed by atoms with Crippen LogP contribution in [0, 0.1) is 6.92 Å². The van der Waals surface area contributed by atoms with E-state index in [1.54, 1.807) is 12.3 Å². The number of carbonyl (C=O) groups is 1. The largest absolute Gasteiger partial charge is 0.362 e. The van der Waals surface area contributed by atoms with Crippen LogP contribution in [-0.4, -0.2) is 49.5 Å². The molecule has 1 aromatic carbocycles. The van der Waals surface area contributed by atoms with E-state index in [1.165, 1.54) is 24.0 Å². The van der Waals surface area contributed by atoms with Crippen molar-refractivity contribution in [1.29, 1.82) is 0 Å². The fourth-order valence-corrected chi connectivity index (χ4v) is 3.51. The number of rotatable bonds is 6. The van der Waals surface area contributed by atoms with Crippen LogP contribution in [0.25, 0.3) is 0 Å². The monoisotopic (exact) mass is 352 g/mol. The van der Waals surface area contributed by atoms with E-state index < -0.39 is 0 Å². The van der Waals surface area contributed by atoms with Crippen molar-refractivity contribution in [1.82, 2.24) is 15.2 Å². The summed E-state index contributed by atoms with van der Waals surface area (Å²) in [5.41, 5.74) is 3.13. The number of amides is 1. The van der Waals surface area contributed by atoms with Crippen LogP contribution in [0.1, 0.15) is 40.4 Å². The molecule has 0 aliphatic carbocycles. The Morgan fingerprint density at radius 2 is 1.88 bits per heavy atom. The first-order valence-electron chi connectivity index (χ1n) is 9.27. The highest BCUT2D eigenvalue weighted by Gasteiger charge is 2.24. The Bertz CT molecular complexity index is 736. The minimum atomic E-state index is -0.0712. The molecule has 0 saturated carbocycles. The van der Waals surface area contributed by atoms with Crippen molar-refractivity contribution in [2.75, 3.05) is 38.6 Å². The number of aryl methyl sites for hydroxylation is 1. The quantitative estimate of drug-likeness (QED) is 0.868.